The molecule has 0 aliphatic carbocycles. The summed E-state index contributed by atoms with van der Waals surface area (Å²) in [5.41, 5.74) is 4.85. The fourth-order valence-electron chi connectivity index (χ4n) is 1.27. The van der Waals surface area contributed by atoms with Gasteiger partial charge in [-0.1, -0.05) is 0 Å². The number of nitrogens with two attached hydrogens (primary N) is 1. The van der Waals surface area contributed by atoms with Gasteiger partial charge in [-0.15, -0.1) is 0 Å². The molecule has 0 saturated carbocycles. The Balaban J connectivity index is 3.79. The summed E-state index contributed by atoms with van der Waals surface area (Å²) < 4.78 is 9.63. The van der Waals surface area contributed by atoms with Crippen molar-refractivity contribution in [2.24, 2.45) is 5.73 Å². The van der Waals surface area contributed by atoms with Gasteiger partial charge in [0.05, 0.1) is 19.4 Å². The van der Waals surface area contributed by atoms with Crippen LogP contribution in [0.25, 0.3) is 0 Å². The molecule has 20 heavy (non-hydrogen) atoms. The molecule has 8 nitrogen and oxygen atoms in total. The summed E-state index contributed by atoms with van der Waals surface area (Å²) in [5.74, 6) is -1.77. The minimum Gasteiger partial charge on any atom is -0.377 e. The Morgan fingerprint density at radius 3 is 2.20 bits per heavy atom. The second kappa shape index (κ2) is 10.0. The highest BCUT2D eigenvalue weighted by molar-refractivity contribution is 5.98. The zero-order chi connectivity index (χ0) is 15.5. The van der Waals surface area contributed by atoms with E-state index < -0.39 is 11.7 Å². The summed E-state index contributed by atoms with van der Waals surface area (Å²) >= 11 is 0. The zero-order valence-corrected chi connectivity index (χ0v) is 11.7. The van der Waals surface area contributed by atoms with Gasteiger partial charge in [0.25, 0.3) is 0 Å². The molecule has 0 bridgehead atoms. The van der Waals surface area contributed by atoms with Crippen molar-refractivity contribution in [3.05, 3.63) is 0 Å². The molecule has 0 fully saturated rings. The lowest BCUT2D eigenvalue weighted by molar-refractivity contribution is -0.136. The normalized spacial score (nSPS) is 10.1. The quantitative estimate of drug-likeness (QED) is 0.366. The molecule has 0 aromatic rings. The van der Waals surface area contributed by atoms with Crippen molar-refractivity contribution in [1.82, 2.24) is 4.90 Å². The van der Waals surface area contributed by atoms with E-state index in [1.165, 1.54) is 19.1 Å². The molecule has 0 aromatic heterocycles. The number of ether oxygens (including phenoxy) is 2. The first kappa shape index (κ1) is 18.2. The van der Waals surface area contributed by atoms with Crippen LogP contribution in [0.3, 0.4) is 0 Å². The second-order valence-electron chi connectivity index (χ2n) is 4.20. The van der Waals surface area contributed by atoms with Crippen LogP contribution in [0.2, 0.25) is 0 Å². The molecule has 0 rings (SSSR count). The van der Waals surface area contributed by atoms with Gasteiger partial charge in [0.15, 0.2) is 11.6 Å². The minimum atomic E-state index is -0.706. The van der Waals surface area contributed by atoms with E-state index in [1.807, 2.05) is 0 Å². The number of carbonyl (C=O) groups excluding carboxylic acids is 4. The Morgan fingerprint density at radius 2 is 1.65 bits per heavy atom. The third kappa shape index (κ3) is 9.17. The molecular formula is C12H20N2O6. The molecule has 0 saturated heterocycles. The van der Waals surface area contributed by atoms with Gasteiger partial charge in [-0.05, 0) is 0 Å². The first-order valence-corrected chi connectivity index (χ1v) is 5.99. The zero-order valence-electron chi connectivity index (χ0n) is 11.7. The van der Waals surface area contributed by atoms with Crippen molar-refractivity contribution in [3.8, 4) is 0 Å². The molecule has 0 radical (unpaired) electrons. The summed E-state index contributed by atoms with van der Waals surface area (Å²) in [7, 11) is 2.90. The van der Waals surface area contributed by atoms with Gasteiger partial charge in [-0.2, -0.15) is 0 Å². The molecule has 114 valence electrons. The largest absolute Gasteiger partial charge is 0.377 e. The highest BCUT2D eigenvalue weighted by Crippen LogP contribution is 1.94. The van der Waals surface area contributed by atoms with Crippen LogP contribution in [0.1, 0.15) is 12.8 Å². The van der Waals surface area contributed by atoms with Crippen LogP contribution >= 0.6 is 0 Å². The third-order valence-electron chi connectivity index (χ3n) is 2.28. The van der Waals surface area contributed by atoms with Crippen molar-refractivity contribution in [2.45, 2.75) is 12.8 Å². The molecule has 0 spiro atoms. The molecule has 2 amide bonds. The number of likely N-dealkylation sites (N-methyl/N-ethyl adjacent to an activating group) is 1. The average molecular weight is 288 g/mol. The molecule has 0 aliphatic heterocycles. The van der Waals surface area contributed by atoms with Crippen molar-refractivity contribution in [3.63, 3.8) is 0 Å². The van der Waals surface area contributed by atoms with Crippen LogP contribution in [0, 0.1) is 0 Å². The molecule has 8 heteroatoms. The van der Waals surface area contributed by atoms with Crippen LogP contribution in [-0.4, -0.2) is 68.8 Å². The Morgan fingerprint density at radius 1 is 1.05 bits per heavy atom. The molecule has 2 N–H and O–H groups in total. The summed E-state index contributed by atoms with van der Waals surface area (Å²) in [6.07, 6.45) is -0.592. The number of ketones is 2. The van der Waals surface area contributed by atoms with Crippen LogP contribution in [-0.2, 0) is 28.7 Å². The van der Waals surface area contributed by atoms with Gasteiger partial charge < -0.3 is 20.1 Å². The van der Waals surface area contributed by atoms with Gasteiger partial charge in [0.1, 0.15) is 13.2 Å². The molecular weight excluding hydrogens is 268 g/mol. The van der Waals surface area contributed by atoms with Crippen molar-refractivity contribution >= 4 is 23.4 Å². The predicted octanol–water partition coefficient (Wildman–Crippen LogP) is -1.49. The highest BCUT2D eigenvalue weighted by atomic mass is 16.5. The van der Waals surface area contributed by atoms with Crippen molar-refractivity contribution < 1.29 is 28.7 Å². The molecule has 0 heterocycles. The lowest BCUT2D eigenvalue weighted by atomic mass is 10.2. The highest BCUT2D eigenvalue weighted by Gasteiger charge is 2.13. The van der Waals surface area contributed by atoms with E-state index in [0.29, 0.717) is 0 Å². The Labute approximate surface area is 117 Å². The minimum absolute atomic E-state index is 0.0995. The first-order valence-electron chi connectivity index (χ1n) is 5.99. The lowest BCUT2D eigenvalue weighted by Gasteiger charge is -2.16. The number of Topliss-reactive ketones (excluding diaryl/α,β-unsaturated/α-hetero) is 2. The summed E-state index contributed by atoms with van der Waals surface area (Å²) in [4.78, 5) is 45.6. The van der Waals surface area contributed by atoms with Crippen LogP contribution < -0.4 is 5.73 Å². The first-order chi connectivity index (χ1) is 9.36. The topological polar surface area (TPSA) is 116 Å². The average Bonchev–Trinajstić information content (AvgIpc) is 2.33. The number of hydrogen-bond donors (Lipinski definition) is 1. The number of amides is 2. The molecule has 0 atom stereocenters. The fourth-order valence-corrected chi connectivity index (χ4v) is 1.27. The van der Waals surface area contributed by atoms with Gasteiger partial charge in [-0.3, -0.25) is 19.2 Å². The van der Waals surface area contributed by atoms with E-state index in [-0.39, 0.29) is 50.9 Å². The van der Waals surface area contributed by atoms with E-state index in [2.05, 4.69) is 4.74 Å². The molecule has 0 aromatic carbocycles. The Kier molecular flexibility index (Phi) is 9.14. The SMILES string of the molecule is COCC(=O)CC(=O)N(C)CCOCC(=O)CC(N)=O. The number of rotatable bonds is 11. The Bertz CT molecular complexity index is 369. The number of nitrogens with zero attached hydrogens (tertiary/aromatic N) is 1. The summed E-state index contributed by atoms with van der Waals surface area (Å²) in [6, 6.07) is 0. The molecule has 0 aliphatic rings. The number of methoxy groups -OCH3 is 1. The summed E-state index contributed by atoms with van der Waals surface area (Å²) in [6.45, 7) is 0.0411. The smallest absolute Gasteiger partial charge is 0.229 e. The van der Waals surface area contributed by atoms with Crippen molar-refractivity contribution in [1.29, 1.82) is 0 Å². The Hall–Kier alpha value is -1.80. The fraction of sp³-hybridized carbons (Fsp3) is 0.667. The van der Waals surface area contributed by atoms with Crippen LogP contribution in [0.5, 0.6) is 0 Å². The van der Waals surface area contributed by atoms with Gasteiger partial charge in [-0.25, -0.2) is 0 Å². The van der Waals surface area contributed by atoms with E-state index in [4.69, 9.17) is 10.5 Å². The van der Waals surface area contributed by atoms with Crippen molar-refractivity contribution in [2.75, 3.05) is 40.5 Å². The maximum Gasteiger partial charge on any atom is 0.229 e. The maximum absolute atomic E-state index is 11.6. The third-order valence-corrected chi connectivity index (χ3v) is 2.28. The van der Waals surface area contributed by atoms with Crippen LogP contribution in [0.15, 0.2) is 0 Å². The molecule has 0 unspecified atom stereocenters. The van der Waals surface area contributed by atoms with E-state index in [1.54, 1.807) is 0 Å². The maximum atomic E-state index is 11.6. The van der Waals surface area contributed by atoms with Crippen LogP contribution in [0.4, 0.5) is 0 Å². The van der Waals surface area contributed by atoms with Gasteiger partial charge in [0, 0.05) is 20.7 Å². The van der Waals surface area contributed by atoms with Gasteiger partial charge >= 0.3 is 0 Å². The number of carbonyl (C=O) groups is 4. The van der Waals surface area contributed by atoms with E-state index >= 15 is 0 Å². The number of primary amides is 1. The predicted molar refractivity (Wildman–Crippen MR) is 68.8 cm³/mol. The second-order valence-corrected chi connectivity index (χ2v) is 4.20. The lowest BCUT2D eigenvalue weighted by Crippen LogP contribution is -2.32. The van der Waals surface area contributed by atoms with E-state index in [9.17, 15) is 19.2 Å². The van der Waals surface area contributed by atoms with E-state index in [0.717, 1.165) is 0 Å². The summed E-state index contributed by atoms with van der Waals surface area (Å²) in [5, 5.41) is 0. The number of hydrogen-bond acceptors (Lipinski definition) is 6. The standard InChI is InChI=1S/C12H20N2O6/c1-14(12(18)6-10(16)7-19-2)3-4-20-8-9(15)5-11(13)17/h3-8H2,1-2H3,(H2,13,17). The van der Waals surface area contributed by atoms with Gasteiger partial charge in [0.2, 0.25) is 11.8 Å². The monoisotopic (exact) mass is 288 g/mol.